The van der Waals surface area contributed by atoms with Crippen LogP contribution in [-0.2, 0) is 0 Å². The van der Waals surface area contributed by atoms with Crippen LogP contribution in [0.3, 0.4) is 0 Å². The fraction of sp³-hybridized carbons (Fsp3) is 0.0667. The first-order valence-corrected chi connectivity index (χ1v) is 5.72. The number of aromatic hydroxyl groups is 3. The molecule has 0 radical (unpaired) electrons. The van der Waals surface area contributed by atoms with Gasteiger partial charge in [0, 0.05) is 6.07 Å². The summed E-state index contributed by atoms with van der Waals surface area (Å²) in [5, 5.41) is 37.4. The van der Waals surface area contributed by atoms with E-state index < -0.39 is 0 Å². The molecule has 0 saturated heterocycles. The van der Waals surface area contributed by atoms with Crippen molar-refractivity contribution in [3.8, 4) is 17.2 Å². The first kappa shape index (κ1) is 13.0. The lowest BCUT2D eigenvalue weighted by Gasteiger charge is -2.06. The van der Waals surface area contributed by atoms with Crippen LogP contribution in [0.2, 0.25) is 0 Å². The van der Waals surface area contributed by atoms with Gasteiger partial charge in [0.1, 0.15) is 17.2 Å². The van der Waals surface area contributed by atoms with Gasteiger partial charge < -0.3 is 20.4 Å². The van der Waals surface area contributed by atoms with E-state index in [1.54, 1.807) is 18.2 Å². The highest BCUT2D eigenvalue weighted by Crippen LogP contribution is 2.25. The Hall–Kier alpha value is -2.46. The lowest BCUT2D eigenvalue weighted by Crippen LogP contribution is -1.90. The summed E-state index contributed by atoms with van der Waals surface area (Å²) in [5.41, 5.74) is 1.95. The molecule has 4 heteroatoms. The molecule has 19 heavy (non-hydrogen) atoms. The number of phenolic OH excluding ortho intramolecular Hbond substituents is 3. The number of phenols is 3. The van der Waals surface area contributed by atoms with E-state index in [1.807, 2.05) is 0 Å². The van der Waals surface area contributed by atoms with Crippen LogP contribution < -0.4 is 0 Å². The van der Waals surface area contributed by atoms with Crippen LogP contribution in [0.25, 0.3) is 11.6 Å². The molecule has 0 spiro atoms. The first-order chi connectivity index (χ1) is 9.08. The molecule has 2 aromatic carbocycles. The van der Waals surface area contributed by atoms with E-state index in [0.29, 0.717) is 11.1 Å². The van der Waals surface area contributed by atoms with Crippen LogP contribution in [0.4, 0.5) is 0 Å². The van der Waals surface area contributed by atoms with Crippen molar-refractivity contribution < 1.29 is 20.4 Å². The molecule has 4 N–H and O–H groups in total. The number of benzene rings is 2. The third kappa shape index (κ3) is 3.26. The van der Waals surface area contributed by atoms with Crippen molar-refractivity contribution in [2.45, 2.75) is 0 Å². The first-order valence-electron chi connectivity index (χ1n) is 5.72. The Morgan fingerprint density at radius 3 is 1.95 bits per heavy atom. The summed E-state index contributed by atoms with van der Waals surface area (Å²) in [6.45, 7) is -0.193. The molecule has 0 heterocycles. The van der Waals surface area contributed by atoms with Crippen LogP contribution in [0.5, 0.6) is 17.2 Å². The molecule has 0 unspecified atom stereocenters. The molecule has 0 aliphatic rings. The van der Waals surface area contributed by atoms with Crippen molar-refractivity contribution in [2.24, 2.45) is 0 Å². The molecule has 0 aromatic heterocycles. The largest absolute Gasteiger partial charge is 0.508 e. The molecule has 0 fully saturated rings. The van der Waals surface area contributed by atoms with E-state index in [2.05, 4.69) is 0 Å². The SMILES string of the molecule is OC/C(=C\c1cc(O)cc(O)c1)c1ccc(O)cc1. The standard InChI is InChI=1S/C15H14O4/c16-9-12(11-1-3-13(17)4-2-11)5-10-6-14(18)8-15(19)7-10/h1-8,16-19H,9H2/b12-5+. The average Bonchev–Trinajstić information content (AvgIpc) is 2.36. The van der Waals surface area contributed by atoms with Crippen LogP contribution in [0.1, 0.15) is 11.1 Å². The van der Waals surface area contributed by atoms with Crippen molar-refractivity contribution in [3.05, 3.63) is 53.6 Å². The molecule has 2 rings (SSSR count). The van der Waals surface area contributed by atoms with Gasteiger partial charge in [-0.25, -0.2) is 0 Å². The summed E-state index contributed by atoms with van der Waals surface area (Å²) in [6.07, 6.45) is 1.66. The minimum atomic E-state index is -0.193. The second-order valence-corrected chi connectivity index (χ2v) is 4.16. The molecule has 0 bridgehead atoms. The Balaban J connectivity index is 2.40. The maximum Gasteiger partial charge on any atom is 0.119 e. The highest BCUT2D eigenvalue weighted by Gasteiger charge is 2.03. The minimum Gasteiger partial charge on any atom is -0.508 e. The molecule has 0 atom stereocenters. The molecule has 2 aromatic rings. The van der Waals surface area contributed by atoms with E-state index in [0.717, 1.165) is 5.56 Å². The maximum atomic E-state index is 9.40. The lowest BCUT2D eigenvalue weighted by atomic mass is 10.0. The smallest absolute Gasteiger partial charge is 0.119 e. The molecular weight excluding hydrogens is 244 g/mol. The second-order valence-electron chi connectivity index (χ2n) is 4.16. The summed E-state index contributed by atoms with van der Waals surface area (Å²) >= 11 is 0. The van der Waals surface area contributed by atoms with Gasteiger partial charge in [-0.3, -0.25) is 0 Å². The van der Waals surface area contributed by atoms with E-state index in [-0.39, 0.29) is 23.9 Å². The van der Waals surface area contributed by atoms with E-state index >= 15 is 0 Å². The topological polar surface area (TPSA) is 80.9 Å². The van der Waals surface area contributed by atoms with E-state index in [4.69, 9.17) is 0 Å². The Bertz CT molecular complexity index is 580. The summed E-state index contributed by atoms with van der Waals surface area (Å²) in [5.74, 6) is 0.0551. The summed E-state index contributed by atoms with van der Waals surface area (Å²) in [7, 11) is 0. The van der Waals surface area contributed by atoms with Crippen LogP contribution in [0, 0.1) is 0 Å². The summed E-state index contributed by atoms with van der Waals surface area (Å²) in [4.78, 5) is 0. The van der Waals surface area contributed by atoms with Crippen molar-refractivity contribution in [2.75, 3.05) is 6.61 Å². The Labute approximate surface area is 110 Å². The van der Waals surface area contributed by atoms with Gasteiger partial charge in [-0.1, -0.05) is 12.1 Å². The summed E-state index contributed by atoms with van der Waals surface area (Å²) < 4.78 is 0. The molecule has 0 aliphatic carbocycles. The lowest BCUT2D eigenvalue weighted by molar-refractivity contribution is 0.350. The molecule has 0 aliphatic heterocycles. The molecule has 98 valence electrons. The van der Waals surface area contributed by atoms with Gasteiger partial charge in [0.15, 0.2) is 0 Å². The van der Waals surface area contributed by atoms with Crippen LogP contribution in [-0.4, -0.2) is 27.0 Å². The Morgan fingerprint density at radius 1 is 0.842 bits per heavy atom. The number of hydrogen-bond acceptors (Lipinski definition) is 4. The zero-order chi connectivity index (χ0) is 13.8. The van der Waals surface area contributed by atoms with Crippen molar-refractivity contribution in [3.63, 3.8) is 0 Å². The fourth-order valence-electron chi connectivity index (χ4n) is 1.80. The predicted octanol–water partition coefficient (Wildman–Crippen LogP) is 2.34. The van der Waals surface area contributed by atoms with Gasteiger partial charge in [0.25, 0.3) is 0 Å². The third-order valence-corrected chi connectivity index (χ3v) is 2.67. The van der Waals surface area contributed by atoms with E-state index in [9.17, 15) is 20.4 Å². The average molecular weight is 258 g/mol. The van der Waals surface area contributed by atoms with Gasteiger partial charge >= 0.3 is 0 Å². The van der Waals surface area contributed by atoms with Crippen molar-refractivity contribution in [1.29, 1.82) is 0 Å². The number of hydrogen-bond donors (Lipinski definition) is 4. The Morgan fingerprint density at radius 2 is 1.42 bits per heavy atom. The molecule has 4 nitrogen and oxygen atoms in total. The number of aliphatic hydroxyl groups excluding tert-OH is 1. The quantitative estimate of drug-likeness (QED) is 0.637. The third-order valence-electron chi connectivity index (χ3n) is 2.67. The summed E-state index contributed by atoms with van der Waals surface area (Å²) in [6, 6.07) is 10.6. The minimum absolute atomic E-state index is 0.0470. The van der Waals surface area contributed by atoms with Crippen LogP contribution in [0.15, 0.2) is 42.5 Å². The van der Waals surface area contributed by atoms with Gasteiger partial charge in [-0.2, -0.15) is 0 Å². The second kappa shape index (κ2) is 5.46. The van der Waals surface area contributed by atoms with Gasteiger partial charge in [-0.05, 0) is 47.0 Å². The molecule has 0 amide bonds. The van der Waals surface area contributed by atoms with Crippen molar-refractivity contribution in [1.82, 2.24) is 0 Å². The van der Waals surface area contributed by atoms with Crippen molar-refractivity contribution >= 4 is 11.6 Å². The normalized spacial score (nSPS) is 11.5. The Kier molecular flexibility index (Phi) is 3.73. The highest BCUT2D eigenvalue weighted by atomic mass is 16.3. The van der Waals surface area contributed by atoms with E-state index in [1.165, 1.54) is 30.3 Å². The molecular formula is C15H14O4. The fourth-order valence-corrected chi connectivity index (χ4v) is 1.80. The number of rotatable bonds is 3. The zero-order valence-corrected chi connectivity index (χ0v) is 10.1. The number of aliphatic hydroxyl groups is 1. The van der Waals surface area contributed by atoms with Gasteiger partial charge in [-0.15, -0.1) is 0 Å². The van der Waals surface area contributed by atoms with Gasteiger partial charge in [0.2, 0.25) is 0 Å². The molecule has 0 saturated carbocycles. The zero-order valence-electron chi connectivity index (χ0n) is 10.1. The highest BCUT2D eigenvalue weighted by molar-refractivity contribution is 5.82. The van der Waals surface area contributed by atoms with Gasteiger partial charge in [0.05, 0.1) is 6.61 Å². The van der Waals surface area contributed by atoms with Crippen LogP contribution >= 0.6 is 0 Å². The predicted molar refractivity (Wildman–Crippen MR) is 72.8 cm³/mol. The monoisotopic (exact) mass is 258 g/mol. The maximum absolute atomic E-state index is 9.40.